The maximum absolute atomic E-state index is 10.8. The third-order valence-electron chi connectivity index (χ3n) is 3.06. The van der Waals surface area contributed by atoms with Gasteiger partial charge < -0.3 is 19.4 Å². The molecular formula is C14H13N3O3. The maximum atomic E-state index is 10.8. The smallest absolute Gasteiger partial charge is 0.371 e. The van der Waals surface area contributed by atoms with E-state index in [0.717, 1.165) is 11.0 Å². The number of rotatable bonds is 4. The molecule has 3 rings (SSSR count). The lowest BCUT2D eigenvalue weighted by Gasteiger charge is -2.06. The Morgan fingerprint density at radius 1 is 1.35 bits per heavy atom. The topological polar surface area (TPSA) is 80.3 Å². The number of carbonyl (C=O) groups is 1. The molecule has 0 saturated carbocycles. The maximum Gasteiger partial charge on any atom is 0.371 e. The summed E-state index contributed by atoms with van der Waals surface area (Å²) >= 11 is 0. The summed E-state index contributed by atoms with van der Waals surface area (Å²) < 4.78 is 7.24. The number of imidazole rings is 1. The monoisotopic (exact) mass is 271 g/mol. The van der Waals surface area contributed by atoms with E-state index >= 15 is 0 Å². The molecular weight excluding hydrogens is 258 g/mol. The van der Waals surface area contributed by atoms with Crippen molar-refractivity contribution in [1.29, 1.82) is 0 Å². The van der Waals surface area contributed by atoms with Crippen LogP contribution < -0.4 is 5.32 Å². The lowest BCUT2D eigenvalue weighted by Crippen LogP contribution is -2.04. The van der Waals surface area contributed by atoms with Crippen LogP contribution in [-0.4, -0.2) is 27.7 Å². The summed E-state index contributed by atoms with van der Waals surface area (Å²) in [5.74, 6) is 0.150. The fourth-order valence-corrected chi connectivity index (χ4v) is 2.16. The number of nitrogens with zero attached hydrogens (tertiary/aromatic N) is 2. The number of furan rings is 1. The van der Waals surface area contributed by atoms with Crippen LogP contribution in [0.3, 0.4) is 0 Å². The van der Waals surface area contributed by atoms with Gasteiger partial charge in [0.1, 0.15) is 5.76 Å². The zero-order chi connectivity index (χ0) is 14.1. The van der Waals surface area contributed by atoms with Crippen LogP contribution in [0.2, 0.25) is 0 Å². The number of hydrogen-bond acceptors (Lipinski definition) is 4. The lowest BCUT2D eigenvalue weighted by atomic mass is 10.3. The number of nitrogens with one attached hydrogen (secondary N) is 1. The van der Waals surface area contributed by atoms with Crippen molar-refractivity contribution in [2.75, 3.05) is 12.4 Å². The molecule has 0 bridgehead atoms. The molecule has 0 aliphatic heterocycles. The quantitative estimate of drug-likeness (QED) is 0.761. The minimum absolute atomic E-state index is 0.0598. The number of carboxylic acids is 1. The SMILES string of the molecule is CNc1nc2ccccc2n1Cc1ccc(C(=O)O)o1. The summed E-state index contributed by atoms with van der Waals surface area (Å²) in [4.78, 5) is 15.3. The molecule has 2 heterocycles. The highest BCUT2D eigenvalue weighted by Crippen LogP contribution is 2.21. The Kier molecular flexibility index (Phi) is 2.90. The highest BCUT2D eigenvalue weighted by atomic mass is 16.4. The van der Waals surface area contributed by atoms with Gasteiger partial charge in [0.25, 0.3) is 0 Å². The highest BCUT2D eigenvalue weighted by Gasteiger charge is 2.13. The molecule has 6 nitrogen and oxygen atoms in total. The van der Waals surface area contributed by atoms with Gasteiger partial charge in [-0.3, -0.25) is 0 Å². The predicted octanol–water partition coefficient (Wildman–Crippen LogP) is 2.42. The molecule has 6 heteroatoms. The van der Waals surface area contributed by atoms with E-state index in [9.17, 15) is 4.79 Å². The lowest BCUT2D eigenvalue weighted by molar-refractivity contribution is 0.0660. The van der Waals surface area contributed by atoms with Crippen molar-refractivity contribution in [2.24, 2.45) is 0 Å². The third kappa shape index (κ3) is 2.01. The first-order valence-electron chi connectivity index (χ1n) is 6.14. The van der Waals surface area contributed by atoms with Crippen LogP contribution in [0.15, 0.2) is 40.8 Å². The Balaban J connectivity index is 2.02. The van der Waals surface area contributed by atoms with Gasteiger partial charge in [-0.25, -0.2) is 9.78 Å². The van der Waals surface area contributed by atoms with Crippen LogP contribution in [0.1, 0.15) is 16.3 Å². The Hall–Kier alpha value is -2.76. The van der Waals surface area contributed by atoms with Gasteiger partial charge in [-0.2, -0.15) is 0 Å². The molecule has 0 aliphatic carbocycles. The van der Waals surface area contributed by atoms with Gasteiger partial charge in [0, 0.05) is 7.05 Å². The number of benzene rings is 1. The molecule has 0 unspecified atom stereocenters. The third-order valence-corrected chi connectivity index (χ3v) is 3.06. The van der Waals surface area contributed by atoms with E-state index < -0.39 is 5.97 Å². The summed E-state index contributed by atoms with van der Waals surface area (Å²) in [5.41, 5.74) is 1.84. The second-order valence-corrected chi connectivity index (χ2v) is 4.33. The van der Waals surface area contributed by atoms with Crippen LogP contribution in [0.5, 0.6) is 0 Å². The molecule has 0 fully saturated rings. The molecule has 0 radical (unpaired) electrons. The van der Waals surface area contributed by atoms with E-state index in [-0.39, 0.29) is 5.76 Å². The minimum Gasteiger partial charge on any atom is -0.475 e. The van der Waals surface area contributed by atoms with Crippen molar-refractivity contribution in [1.82, 2.24) is 9.55 Å². The summed E-state index contributed by atoms with van der Waals surface area (Å²) in [6.45, 7) is 0.421. The molecule has 0 aliphatic rings. The molecule has 0 spiro atoms. The van der Waals surface area contributed by atoms with Gasteiger partial charge >= 0.3 is 5.97 Å². The molecule has 0 saturated heterocycles. The first-order chi connectivity index (χ1) is 9.69. The van der Waals surface area contributed by atoms with Crippen LogP contribution in [0.4, 0.5) is 5.95 Å². The van der Waals surface area contributed by atoms with Crippen LogP contribution in [0, 0.1) is 0 Å². The van der Waals surface area contributed by atoms with Crippen molar-refractivity contribution in [3.63, 3.8) is 0 Å². The zero-order valence-electron chi connectivity index (χ0n) is 10.8. The van der Waals surface area contributed by atoms with Gasteiger partial charge in [0.2, 0.25) is 11.7 Å². The fraction of sp³-hybridized carbons (Fsp3) is 0.143. The van der Waals surface area contributed by atoms with Crippen LogP contribution in [0.25, 0.3) is 11.0 Å². The Morgan fingerprint density at radius 3 is 2.85 bits per heavy atom. The Morgan fingerprint density at radius 2 is 2.15 bits per heavy atom. The van der Waals surface area contributed by atoms with Crippen molar-refractivity contribution >= 4 is 23.0 Å². The van der Waals surface area contributed by atoms with E-state index in [0.29, 0.717) is 18.3 Å². The molecule has 0 amide bonds. The molecule has 3 aromatic rings. The van der Waals surface area contributed by atoms with Gasteiger partial charge in [-0.15, -0.1) is 0 Å². The summed E-state index contributed by atoms with van der Waals surface area (Å²) in [6.07, 6.45) is 0. The Bertz CT molecular complexity index is 773. The molecule has 20 heavy (non-hydrogen) atoms. The van der Waals surface area contributed by atoms with E-state index in [1.807, 2.05) is 28.8 Å². The number of para-hydroxylation sites is 2. The zero-order valence-corrected chi connectivity index (χ0v) is 10.8. The van der Waals surface area contributed by atoms with Crippen molar-refractivity contribution < 1.29 is 14.3 Å². The second kappa shape index (κ2) is 4.73. The number of anilines is 1. The van der Waals surface area contributed by atoms with Crippen molar-refractivity contribution in [3.05, 3.63) is 47.9 Å². The van der Waals surface area contributed by atoms with Gasteiger partial charge in [0.05, 0.1) is 17.6 Å². The highest BCUT2D eigenvalue weighted by molar-refractivity contribution is 5.84. The van der Waals surface area contributed by atoms with Crippen molar-refractivity contribution in [2.45, 2.75) is 6.54 Å². The first kappa shape index (κ1) is 12.3. The van der Waals surface area contributed by atoms with Crippen LogP contribution >= 0.6 is 0 Å². The van der Waals surface area contributed by atoms with Crippen LogP contribution in [-0.2, 0) is 6.54 Å². The molecule has 2 aromatic heterocycles. The van der Waals surface area contributed by atoms with E-state index in [4.69, 9.17) is 9.52 Å². The molecule has 2 N–H and O–H groups in total. The van der Waals surface area contributed by atoms with Gasteiger partial charge in [-0.05, 0) is 24.3 Å². The first-order valence-corrected chi connectivity index (χ1v) is 6.14. The fourth-order valence-electron chi connectivity index (χ4n) is 2.16. The summed E-state index contributed by atoms with van der Waals surface area (Å²) in [5, 5.41) is 11.9. The summed E-state index contributed by atoms with van der Waals surface area (Å²) in [7, 11) is 1.79. The largest absolute Gasteiger partial charge is 0.475 e. The predicted molar refractivity (Wildman–Crippen MR) is 74.0 cm³/mol. The number of aromatic carboxylic acids is 1. The van der Waals surface area contributed by atoms with Gasteiger partial charge in [-0.1, -0.05) is 12.1 Å². The number of carboxylic acid groups (broad SMARTS) is 1. The Labute approximate surface area is 114 Å². The number of aromatic nitrogens is 2. The standard InChI is InChI=1S/C14H13N3O3/c1-15-14-16-10-4-2-3-5-11(10)17(14)8-9-6-7-12(20-9)13(18)19/h2-7H,8H2,1H3,(H,15,16)(H,18,19). The molecule has 102 valence electrons. The molecule has 0 atom stereocenters. The van der Waals surface area contributed by atoms with Gasteiger partial charge in [0.15, 0.2) is 0 Å². The second-order valence-electron chi connectivity index (χ2n) is 4.33. The normalized spacial score (nSPS) is 10.8. The van der Waals surface area contributed by atoms with Crippen molar-refractivity contribution in [3.8, 4) is 0 Å². The minimum atomic E-state index is -1.07. The molecule has 1 aromatic carbocycles. The summed E-state index contributed by atoms with van der Waals surface area (Å²) in [6, 6.07) is 10.9. The van der Waals surface area contributed by atoms with E-state index in [1.54, 1.807) is 13.1 Å². The van der Waals surface area contributed by atoms with E-state index in [1.165, 1.54) is 6.07 Å². The average molecular weight is 271 g/mol. The number of fused-ring (bicyclic) bond motifs is 1. The average Bonchev–Trinajstić information content (AvgIpc) is 3.04. The van der Waals surface area contributed by atoms with E-state index in [2.05, 4.69) is 10.3 Å². The number of hydrogen-bond donors (Lipinski definition) is 2.